The maximum atomic E-state index is 12.9. The monoisotopic (exact) mass is 435 g/mol. The van der Waals surface area contributed by atoms with E-state index in [1.807, 2.05) is 30.3 Å². The Kier molecular flexibility index (Phi) is 8.97. The molecule has 2 bridgehead atoms. The van der Waals surface area contributed by atoms with Gasteiger partial charge < -0.3 is 10.6 Å². The van der Waals surface area contributed by atoms with Crippen LogP contribution in [0.2, 0.25) is 0 Å². The van der Waals surface area contributed by atoms with Gasteiger partial charge in [0, 0.05) is 37.8 Å². The van der Waals surface area contributed by atoms with Crippen LogP contribution in [0, 0.1) is 5.92 Å². The van der Waals surface area contributed by atoms with Crippen LogP contribution < -0.4 is 5.73 Å². The van der Waals surface area contributed by atoms with Crippen LogP contribution in [0.1, 0.15) is 34.3 Å². The van der Waals surface area contributed by atoms with E-state index in [1.54, 1.807) is 0 Å². The molecule has 3 aliphatic heterocycles. The Hall–Kier alpha value is -1.59. The van der Waals surface area contributed by atoms with Crippen LogP contribution in [0.3, 0.4) is 0 Å². The molecule has 0 radical (unpaired) electrons. The molecule has 3 fully saturated rings. The molecule has 3 saturated heterocycles. The van der Waals surface area contributed by atoms with Crippen molar-refractivity contribution >= 4 is 30.7 Å². The van der Waals surface area contributed by atoms with Gasteiger partial charge in [0.05, 0.1) is 0 Å². The van der Waals surface area contributed by atoms with E-state index < -0.39 is 0 Å². The molecule has 2 aromatic carbocycles. The molecule has 1 amide bonds. The zero-order valence-electron chi connectivity index (χ0n) is 16.7. The number of fused-ring (bicyclic) bond motifs is 4. The summed E-state index contributed by atoms with van der Waals surface area (Å²) in [7, 11) is 0. The smallest absolute Gasteiger partial charge is 0.253 e. The highest BCUT2D eigenvalue weighted by Crippen LogP contribution is 2.30. The number of carbonyl (C=O) groups excluding carboxylic acids is 1. The number of carbonyl (C=O) groups is 1. The summed E-state index contributed by atoms with van der Waals surface area (Å²) in [5.74, 6) is 0.753. The van der Waals surface area contributed by atoms with Crippen LogP contribution in [0.5, 0.6) is 0 Å². The number of nitrogens with two attached hydrogens (primary N) is 1. The first-order valence-corrected chi connectivity index (χ1v) is 10.1. The molecule has 3 heterocycles. The van der Waals surface area contributed by atoms with Gasteiger partial charge in [-0.15, -0.1) is 24.8 Å². The van der Waals surface area contributed by atoms with Crippen molar-refractivity contribution in [3.63, 3.8) is 0 Å². The van der Waals surface area contributed by atoms with E-state index in [4.69, 9.17) is 5.73 Å². The summed E-state index contributed by atoms with van der Waals surface area (Å²) < 4.78 is 0. The van der Waals surface area contributed by atoms with Crippen LogP contribution in [-0.2, 0) is 13.0 Å². The normalized spacial score (nSPS) is 21.1. The van der Waals surface area contributed by atoms with Crippen LogP contribution in [-0.4, -0.2) is 47.9 Å². The lowest BCUT2D eigenvalue weighted by molar-refractivity contribution is 0.0736. The molecule has 29 heavy (non-hydrogen) atoms. The zero-order chi connectivity index (χ0) is 18.6. The van der Waals surface area contributed by atoms with Gasteiger partial charge in [0.25, 0.3) is 5.91 Å². The van der Waals surface area contributed by atoms with Crippen molar-refractivity contribution in [3.05, 3.63) is 71.3 Å². The lowest BCUT2D eigenvalue weighted by Gasteiger charge is -2.36. The second kappa shape index (κ2) is 11.0. The fraction of sp³-hybridized carbons (Fsp3) is 0.435. The topological polar surface area (TPSA) is 49.6 Å². The second-order valence-electron chi connectivity index (χ2n) is 7.96. The van der Waals surface area contributed by atoms with E-state index in [2.05, 4.69) is 34.1 Å². The number of benzene rings is 2. The molecule has 0 aliphatic carbocycles. The predicted molar refractivity (Wildman–Crippen MR) is 123 cm³/mol. The number of amides is 1. The van der Waals surface area contributed by atoms with Gasteiger partial charge in [-0.2, -0.15) is 0 Å². The maximum Gasteiger partial charge on any atom is 0.253 e. The average Bonchev–Trinajstić information content (AvgIpc) is 3.01. The van der Waals surface area contributed by atoms with Crippen LogP contribution in [0.4, 0.5) is 0 Å². The number of nitrogens with zero attached hydrogens (tertiary/aromatic N) is 2. The summed E-state index contributed by atoms with van der Waals surface area (Å²) in [6, 6.07) is 19.0. The van der Waals surface area contributed by atoms with Crippen molar-refractivity contribution in [3.8, 4) is 0 Å². The molecule has 2 aromatic rings. The SMILES string of the molecule is Cl.Cl.NCCc1cccc(CN2C[C@H]3CC[C@@H]2CN(C(=O)c2ccccc2)C3)c1. The van der Waals surface area contributed by atoms with Crippen molar-refractivity contribution in [2.24, 2.45) is 11.7 Å². The molecule has 0 aromatic heterocycles. The third-order valence-corrected chi connectivity index (χ3v) is 5.94. The Morgan fingerprint density at radius 3 is 2.45 bits per heavy atom. The number of halogens is 2. The van der Waals surface area contributed by atoms with E-state index in [0.717, 1.165) is 38.2 Å². The molecular weight excluding hydrogens is 405 g/mol. The summed E-state index contributed by atoms with van der Waals surface area (Å²) in [6.07, 6.45) is 3.35. The fourth-order valence-electron chi connectivity index (χ4n) is 4.59. The first-order chi connectivity index (χ1) is 13.2. The lowest BCUT2D eigenvalue weighted by atomic mass is 9.94. The van der Waals surface area contributed by atoms with Crippen molar-refractivity contribution in [1.29, 1.82) is 0 Å². The molecule has 158 valence electrons. The van der Waals surface area contributed by atoms with Gasteiger partial charge in [-0.05, 0) is 55.0 Å². The molecule has 6 heteroatoms. The standard InChI is InChI=1S/C23H29N3O.2ClH/c24-12-11-18-5-4-6-19(13-18)14-25-15-20-9-10-22(25)17-26(16-20)23(27)21-7-2-1-3-8-21;;/h1-8,13,20,22H,9-12,14-17,24H2;2*1H/t20-,22-;;/m1../s1. The summed E-state index contributed by atoms with van der Waals surface area (Å²) in [5, 5.41) is 0. The van der Waals surface area contributed by atoms with E-state index in [-0.39, 0.29) is 30.7 Å². The summed E-state index contributed by atoms with van der Waals surface area (Å²) in [6.45, 7) is 4.46. The van der Waals surface area contributed by atoms with Crippen molar-refractivity contribution in [2.75, 3.05) is 26.2 Å². The number of piperidine rings is 1. The number of hydrogen-bond donors (Lipinski definition) is 1. The number of hydrogen-bond acceptors (Lipinski definition) is 3. The van der Waals surface area contributed by atoms with E-state index in [1.165, 1.54) is 24.0 Å². The summed E-state index contributed by atoms with van der Waals surface area (Å²) in [5.41, 5.74) is 9.19. The molecule has 2 N–H and O–H groups in total. The largest absolute Gasteiger partial charge is 0.337 e. The minimum atomic E-state index is 0. The lowest BCUT2D eigenvalue weighted by Crippen LogP contribution is -2.43. The minimum Gasteiger partial charge on any atom is -0.337 e. The average molecular weight is 436 g/mol. The summed E-state index contributed by atoms with van der Waals surface area (Å²) in [4.78, 5) is 17.6. The Morgan fingerprint density at radius 1 is 0.931 bits per heavy atom. The zero-order valence-corrected chi connectivity index (χ0v) is 18.3. The van der Waals surface area contributed by atoms with Gasteiger partial charge >= 0.3 is 0 Å². The Balaban J connectivity index is 0.00000150. The third kappa shape index (κ3) is 5.73. The summed E-state index contributed by atoms with van der Waals surface area (Å²) >= 11 is 0. The van der Waals surface area contributed by atoms with Crippen LogP contribution >= 0.6 is 24.8 Å². The molecule has 0 saturated carbocycles. The molecule has 2 atom stereocenters. The first-order valence-electron chi connectivity index (χ1n) is 10.1. The highest BCUT2D eigenvalue weighted by Gasteiger charge is 2.36. The molecule has 0 spiro atoms. The van der Waals surface area contributed by atoms with Crippen molar-refractivity contribution < 1.29 is 4.79 Å². The minimum absolute atomic E-state index is 0. The highest BCUT2D eigenvalue weighted by atomic mass is 35.5. The predicted octanol–water partition coefficient (Wildman–Crippen LogP) is 3.77. The maximum absolute atomic E-state index is 12.9. The molecule has 0 unspecified atom stereocenters. The van der Waals surface area contributed by atoms with E-state index in [9.17, 15) is 4.79 Å². The Labute approximate surface area is 186 Å². The molecular formula is C23H31Cl2N3O. The van der Waals surface area contributed by atoms with Crippen LogP contribution in [0.15, 0.2) is 54.6 Å². The molecule has 4 nitrogen and oxygen atoms in total. The highest BCUT2D eigenvalue weighted by molar-refractivity contribution is 5.94. The van der Waals surface area contributed by atoms with Gasteiger partial charge in [-0.3, -0.25) is 9.69 Å². The van der Waals surface area contributed by atoms with Gasteiger partial charge in [-0.1, -0.05) is 42.5 Å². The fourth-order valence-corrected chi connectivity index (χ4v) is 4.59. The Morgan fingerprint density at radius 2 is 1.69 bits per heavy atom. The second-order valence-corrected chi connectivity index (χ2v) is 7.96. The third-order valence-electron chi connectivity index (χ3n) is 5.94. The van der Waals surface area contributed by atoms with Gasteiger partial charge in [-0.25, -0.2) is 0 Å². The van der Waals surface area contributed by atoms with Gasteiger partial charge in [0.15, 0.2) is 0 Å². The van der Waals surface area contributed by atoms with Gasteiger partial charge in [0.2, 0.25) is 0 Å². The van der Waals surface area contributed by atoms with Crippen LogP contribution in [0.25, 0.3) is 0 Å². The molecule has 3 aliphatic rings. The first kappa shape index (κ1) is 23.7. The van der Waals surface area contributed by atoms with E-state index in [0.29, 0.717) is 18.5 Å². The van der Waals surface area contributed by atoms with Crippen molar-refractivity contribution in [1.82, 2.24) is 9.80 Å². The molecule has 5 rings (SSSR count). The number of rotatable bonds is 5. The van der Waals surface area contributed by atoms with E-state index >= 15 is 0 Å². The quantitative estimate of drug-likeness (QED) is 0.777. The van der Waals surface area contributed by atoms with Gasteiger partial charge in [0.1, 0.15) is 0 Å². The van der Waals surface area contributed by atoms with Crippen molar-refractivity contribution in [2.45, 2.75) is 31.8 Å². The Bertz CT molecular complexity index is 787.